The van der Waals surface area contributed by atoms with Crippen LogP contribution in [0.3, 0.4) is 0 Å². The SMILES string of the molecule is COc1ccc(C(=O)c2cscn2)c(C)c1. The molecule has 0 fully saturated rings. The molecule has 0 aliphatic carbocycles. The third-order valence-electron chi connectivity index (χ3n) is 2.34. The number of hydrogen-bond donors (Lipinski definition) is 0. The van der Waals surface area contributed by atoms with Gasteiger partial charge >= 0.3 is 0 Å². The van der Waals surface area contributed by atoms with E-state index in [2.05, 4.69) is 4.98 Å². The number of hydrogen-bond acceptors (Lipinski definition) is 4. The Labute approximate surface area is 97.7 Å². The maximum absolute atomic E-state index is 12.0. The lowest BCUT2D eigenvalue weighted by Crippen LogP contribution is -2.04. The van der Waals surface area contributed by atoms with Gasteiger partial charge in [-0.1, -0.05) is 0 Å². The van der Waals surface area contributed by atoms with Crippen LogP contribution in [0.25, 0.3) is 0 Å². The molecular formula is C12H11NO2S. The van der Waals surface area contributed by atoms with E-state index in [1.54, 1.807) is 30.1 Å². The Bertz CT molecular complexity index is 506. The minimum atomic E-state index is -0.0404. The number of benzene rings is 1. The molecule has 16 heavy (non-hydrogen) atoms. The smallest absolute Gasteiger partial charge is 0.212 e. The second kappa shape index (κ2) is 4.45. The predicted octanol–water partition coefficient (Wildman–Crippen LogP) is 2.69. The minimum absolute atomic E-state index is 0.0404. The van der Waals surface area contributed by atoms with E-state index in [1.165, 1.54) is 11.3 Å². The molecule has 0 saturated heterocycles. The molecule has 0 saturated carbocycles. The van der Waals surface area contributed by atoms with Crippen molar-refractivity contribution >= 4 is 17.1 Å². The molecule has 3 nitrogen and oxygen atoms in total. The number of aromatic nitrogens is 1. The molecule has 2 aromatic rings. The standard InChI is InChI=1S/C12H11NO2S/c1-8-5-9(15-2)3-4-10(8)12(14)11-6-16-7-13-11/h3-7H,1-2H3. The number of rotatable bonds is 3. The maximum Gasteiger partial charge on any atom is 0.212 e. The zero-order chi connectivity index (χ0) is 11.5. The van der Waals surface area contributed by atoms with E-state index in [0.29, 0.717) is 11.3 Å². The van der Waals surface area contributed by atoms with E-state index >= 15 is 0 Å². The quantitative estimate of drug-likeness (QED) is 0.765. The largest absolute Gasteiger partial charge is 0.497 e. The molecule has 0 aliphatic heterocycles. The number of carbonyl (C=O) groups excluding carboxylic acids is 1. The summed E-state index contributed by atoms with van der Waals surface area (Å²) in [5.74, 6) is 0.716. The molecule has 0 bridgehead atoms. The van der Waals surface area contributed by atoms with Gasteiger partial charge in [0.2, 0.25) is 5.78 Å². The summed E-state index contributed by atoms with van der Waals surface area (Å²) in [4.78, 5) is 16.0. The second-order valence-electron chi connectivity index (χ2n) is 3.38. The molecule has 1 aromatic carbocycles. The van der Waals surface area contributed by atoms with Gasteiger partial charge in [0.15, 0.2) is 0 Å². The zero-order valence-electron chi connectivity index (χ0n) is 9.06. The Hall–Kier alpha value is -1.68. The van der Waals surface area contributed by atoms with Crippen LogP contribution in [0.15, 0.2) is 29.1 Å². The number of methoxy groups -OCH3 is 1. The van der Waals surface area contributed by atoms with Crippen molar-refractivity contribution in [2.24, 2.45) is 0 Å². The Balaban J connectivity index is 2.38. The topological polar surface area (TPSA) is 39.2 Å². The molecule has 0 atom stereocenters. The summed E-state index contributed by atoms with van der Waals surface area (Å²) in [6.07, 6.45) is 0. The molecule has 1 heterocycles. The van der Waals surface area contributed by atoms with Gasteiger partial charge in [-0.25, -0.2) is 4.98 Å². The van der Waals surface area contributed by atoms with E-state index in [4.69, 9.17) is 4.74 Å². The van der Waals surface area contributed by atoms with Gasteiger partial charge in [0.25, 0.3) is 0 Å². The first-order chi connectivity index (χ1) is 7.72. The highest BCUT2D eigenvalue weighted by molar-refractivity contribution is 7.07. The molecule has 1 aromatic heterocycles. The average Bonchev–Trinajstić information content (AvgIpc) is 2.81. The van der Waals surface area contributed by atoms with Crippen LogP contribution >= 0.6 is 11.3 Å². The van der Waals surface area contributed by atoms with Crippen LogP contribution in [0.5, 0.6) is 5.75 Å². The normalized spacial score (nSPS) is 10.1. The lowest BCUT2D eigenvalue weighted by atomic mass is 10.0. The van der Waals surface area contributed by atoms with Crippen LogP contribution in [0.1, 0.15) is 21.6 Å². The lowest BCUT2D eigenvalue weighted by molar-refractivity contribution is 0.103. The molecule has 0 N–H and O–H groups in total. The number of ketones is 1. The van der Waals surface area contributed by atoms with Crippen molar-refractivity contribution in [2.75, 3.05) is 7.11 Å². The molecule has 82 valence electrons. The molecule has 2 rings (SSSR count). The van der Waals surface area contributed by atoms with Crippen molar-refractivity contribution in [1.29, 1.82) is 0 Å². The van der Waals surface area contributed by atoms with Crippen molar-refractivity contribution in [3.05, 3.63) is 45.9 Å². The fourth-order valence-corrected chi connectivity index (χ4v) is 2.01. The Morgan fingerprint density at radius 1 is 1.44 bits per heavy atom. The minimum Gasteiger partial charge on any atom is -0.497 e. The summed E-state index contributed by atoms with van der Waals surface area (Å²) >= 11 is 1.42. The molecule has 0 radical (unpaired) electrons. The van der Waals surface area contributed by atoms with Gasteiger partial charge in [0, 0.05) is 10.9 Å². The van der Waals surface area contributed by atoms with E-state index < -0.39 is 0 Å². The van der Waals surface area contributed by atoms with Crippen LogP contribution in [0.2, 0.25) is 0 Å². The van der Waals surface area contributed by atoms with Gasteiger partial charge in [0.1, 0.15) is 11.4 Å². The van der Waals surface area contributed by atoms with Gasteiger partial charge in [-0.05, 0) is 30.7 Å². The van der Waals surface area contributed by atoms with E-state index in [-0.39, 0.29) is 5.78 Å². The monoisotopic (exact) mass is 233 g/mol. The molecular weight excluding hydrogens is 222 g/mol. The van der Waals surface area contributed by atoms with Gasteiger partial charge in [0.05, 0.1) is 12.6 Å². The summed E-state index contributed by atoms with van der Waals surface area (Å²) < 4.78 is 5.10. The van der Waals surface area contributed by atoms with Crippen LogP contribution in [0.4, 0.5) is 0 Å². The van der Waals surface area contributed by atoms with Crippen molar-refractivity contribution in [2.45, 2.75) is 6.92 Å². The molecule has 0 aliphatic rings. The van der Waals surface area contributed by atoms with Gasteiger partial charge in [-0.3, -0.25) is 4.79 Å². The maximum atomic E-state index is 12.0. The average molecular weight is 233 g/mol. The fourth-order valence-electron chi connectivity index (χ4n) is 1.48. The van der Waals surface area contributed by atoms with Crippen molar-refractivity contribution < 1.29 is 9.53 Å². The first-order valence-corrected chi connectivity index (χ1v) is 5.74. The highest BCUT2D eigenvalue weighted by atomic mass is 32.1. The summed E-state index contributed by atoms with van der Waals surface area (Å²) in [7, 11) is 1.61. The Morgan fingerprint density at radius 2 is 2.25 bits per heavy atom. The van der Waals surface area contributed by atoms with Crippen molar-refractivity contribution in [1.82, 2.24) is 4.98 Å². The van der Waals surface area contributed by atoms with Crippen LogP contribution in [-0.4, -0.2) is 17.9 Å². The van der Waals surface area contributed by atoms with Gasteiger partial charge in [-0.2, -0.15) is 0 Å². The molecule has 0 unspecified atom stereocenters. The number of aryl methyl sites for hydroxylation is 1. The zero-order valence-corrected chi connectivity index (χ0v) is 9.88. The molecule has 0 spiro atoms. The molecule has 0 amide bonds. The summed E-state index contributed by atoms with van der Waals surface area (Å²) in [6, 6.07) is 5.40. The van der Waals surface area contributed by atoms with Crippen LogP contribution < -0.4 is 4.74 Å². The highest BCUT2D eigenvalue weighted by Gasteiger charge is 2.13. The summed E-state index contributed by atoms with van der Waals surface area (Å²) in [6.45, 7) is 1.89. The fraction of sp³-hybridized carbons (Fsp3) is 0.167. The number of thiazole rings is 1. The summed E-state index contributed by atoms with van der Waals surface area (Å²) in [5.41, 5.74) is 3.73. The predicted molar refractivity (Wildman–Crippen MR) is 63.3 cm³/mol. The summed E-state index contributed by atoms with van der Waals surface area (Å²) in [5, 5.41) is 1.76. The number of carbonyl (C=O) groups is 1. The highest BCUT2D eigenvalue weighted by Crippen LogP contribution is 2.19. The van der Waals surface area contributed by atoms with Gasteiger partial charge < -0.3 is 4.74 Å². The van der Waals surface area contributed by atoms with Crippen molar-refractivity contribution in [3.8, 4) is 5.75 Å². The van der Waals surface area contributed by atoms with E-state index in [1.807, 2.05) is 13.0 Å². The number of nitrogens with zero attached hydrogens (tertiary/aromatic N) is 1. The van der Waals surface area contributed by atoms with Crippen LogP contribution in [0, 0.1) is 6.92 Å². The first-order valence-electron chi connectivity index (χ1n) is 4.80. The van der Waals surface area contributed by atoms with E-state index in [0.717, 1.165) is 11.3 Å². The number of ether oxygens (including phenoxy) is 1. The third-order valence-corrected chi connectivity index (χ3v) is 2.93. The van der Waals surface area contributed by atoms with Crippen molar-refractivity contribution in [3.63, 3.8) is 0 Å². The lowest BCUT2D eigenvalue weighted by Gasteiger charge is -2.05. The Kier molecular flexibility index (Phi) is 3.01. The molecule has 4 heteroatoms. The van der Waals surface area contributed by atoms with Crippen LogP contribution in [-0.2, 0) is 0 Å². The third kappa shape index (κ3) is 1.97. The van der Waals surface area contributed by atoms with Gasteiger partial charge in [-0.15, -0.1) is 11.3 Å². The second-order valence-corrected chi connectivity index (χ2v) is 4.10. The first kappa shape index (κ1) is 10.8. The van der Waals surface area contributed by atoms with E-state index in [9.17, 15) is 4.79 Å². The Morgan fingerprint density at radius 3 is 2.81 bits per heavy atom.